The van der Waals surface area contributed by atoms with Crippen LogP contribution in [0.2, 0.25) is 0 Å². The van der Waals surface area contributed by atoms with Gasteiger partial charge in [-0.05, 0) is 38.0 Å². The Hall–Kier alpha value is -2.05. The number of rotatable bonds is 6. The molecule has 114 valence electrons. The molecular weight excluding hydrogens is 281 g/mol. The van der Waals surface area contributed by atoms with Crippen LogP contribution >= 0.6 is 0 Å². The topological polar surface area (TPSA) is 42.7 Å². The monoisotopic (exact) mass is 298 g/mol. The van der Waals surface area contributed by atoms with Crippen LogP contribution in [-0.4, -0.2) is 27.0 Å². The predicted molar refractivity (Wildman–Crippen MR) is 74.3 cm³/mol. The highest BCUT2D eigenvalue weighted by atomic mass is 19.4. The van der Waals surface area contributed by atoms with Gasteiger partial charge >= 0.3 is 6.18 Å². The molecule has 1 aromatic heterocycles. The molecule has 0 aliphatic rings. The zero-order valence-corrected chi connectivity index (χ0v) is 11.6. The fourth-order valence-corrected chi connectivity index (χ4v) is 2.06. The molecule has 1 aromatic carbocycles. The lowest BCUT2D eigenvalue weighted by molar-refractivity contribution is -0.135. The SMILES string of the molecule is CC(CCCC(F)(F)F)Nc1cccc(-n2cnnc2)c1. The lowest BCUT2D eigenvalue weighted by Gasteiger charge is -2.16. The molecule has 0 aliphatic carbocycles. The highest BCUT2D eigenvalue weighted by Gasteiger charge is 2.26. The largest absolute Gasteiger partial charge is 0.389 e. The van der Waals surface area contributed by atoms with E-state index in [4.69, 9.17) is 0 Å². The van der Waals surface area contributed by atoms with Crippen LogP contribution in [0.3, 0.4) is 0 Å². The third kappa shape index (κ3) is 5.09. The van der Waals surface area contributed by atoms with Gasteiger partial charge in [0.1, 0.15) is 12.7 Å². The number of hydrogen-bond donors (Lipinski definition) is 1. The van der Waals surface area contributed by atoms with Crippen molar-refractivity contribution in [3.63, 3.8) is 0 Å². The summed E-state index contributed by atoms with van der Waals surface area (Å²) < 4.78 is 38.1. The van der Waals surface area contributed by atoms with Gasteiger partial charge in [0.05, 0.1) is 5.69 Å². The normalized spacial score (nSPS) is 13.1. The molecule has 0 saturated carbocycles. The maximum Gasteiger partial charge on any atom is 0.389 e. The third-order valence-electron chi connectivity index (χ3n) is 3.07. The van der Waals surface area contributed by atoms with E-state index >= 15 is 0 Å². The molecule has 0 spiro atoms. The van der Waals surface area contributed by atoms with Crippen molar-refractivity contribution in [1.29, 1.82) is 0 Å². The highest BCUT2D eigenvalue weighted by molar-refractivity contribution is 5.51. The molecule has 0 radical (unpaired) electrons. The first-order valence-electron chi connectivity index (χ1n) is 6.72. The second-order valence-electron chi connectivity index (χ2n) is 4.97. The summed E-state index contributed by atoms with van der Waals surface area (Å²) in [6.07, 6.45) is -1.04. The first kappa shape index (κ1) is 15.3. The molecule has 21 heavy (non-hydrogen) atoms. The van der Waals surface area contributed by atoms with E-state index in [0.717, 1.165) is 11.4 Å². The molecular formula is C14H17F3N4. The smallest absolute Gasteiger partial charge is 0.383 e. The van der Waals surface area contributed by atoms with Crippen molar-refractivity contribution < 1.29 is 13.2 Å². The lowest BCUT2D eigenvalue weighted by atomic mass is 10.1. The zero-order chi connectivity index (χ0) is 15.3. The minimum absolute atomic E-state index is 0.0245. The minimum Gasteiger partial charge on any atom is -0.383 e. The molecule has 1 unspecified atom stereocenters. The summed E-state index contributed by atoms with van der Waals surface area (Å²) in [5, 5.41) is 10.7. The van der Waals surface area contributed by atoms with Gasteiger partial charge in [0.25, 0.3) is 0 Å². The standard InChI is InChI=1S/C14H17F3N4/c1-11(4-3-7-14(15,16)17)20-12-5-2-6-13(8-12)21-9-18-19-10-21/h2,5-6,8-11,20H,3-4,7H2,1H3. The van der Waals surface area contributed by atoms with Crippen molar-refractivity contribution in [2.45, 2.75) is 38.4 Å². The number of anilines is 1. The van der Waals surface area contributed by atoms with Crippen LogP contribution in [0.1, 0.15) is 26.2 Å². The van der Waals surface area contributed by atoms with E-state index in [9.17, 15) is 13.2 Å². The van der Waals surface area contributed by atoms with Crippen LogP contribution in [0, 0.1) is 0 Å². The van der Waals surface area contributed by atoms with E-state index in [2.05, 4.69) is 15.5 Å². The Balaban J connectivity index is 1.89. The van der Waals surface area contributed by atoms with Gasteiger partial charge in [-0.3, -0.25) is 4.57 Å². The van der Waals surface area contributed by atoms with Gasteiger partial charge in [-0.1, -0.05) is 6.07 Å². The van der Waals surface area contributed by atoms with Crippen molar-refractivity contribution in [2.75, 3.05) is 5.32 Å². The molecule has 0 amide bonds. The highest BCUT2D eigenvalue weighted by Crippen LogP contribution is 2.23. The molecule has 0 saturated heterocycles. The Morgan fingerprint density at radius 2 is 1.95 bits per heavy atom. The van der Waals surface area contributed by atoms with E-state index in [1.54, 1.807) is 17.2 Å². The Kier molecular flexibility index (Phi) is 4.82. The van der Waals surface area contributed by atoms with Gasteiger partial charge in [-0.25, -0.2) is 0 Å². The van der Waals surface area contributed by atoms with Gasteiger partial charge in [0.15, 0.2) is 0 Å². The number of nitrogens with one attached hydrogen (secondary N) is 1. The summed E-state index contributed by atoms with van der Waals surface area (Å²) in [6.45, 7) is 1.88. The first-order chi connectivity index (χ1) is 9.94. The van der Waals surface area contributed by atoms with Crippen molar-refractivity contribution in [1.82, 2.24) is 14.8 Å². The Morgan fingerprint density at radius 3 is 2.62 bits per heavy atom. The van der Waals surface area contributed by atoms with Crippen molar-refractivity contribution >= 4 is 5.69 Å². The van der Waals surface area contributed by atoms with Crippen molar-refractivity contribution in [2.24, 2.45) is 0 Å². The van der Waals surface area contributed by atoms with Crippen molar-refractivity contribution in [3.8, 4) is 5.69 Å². The summed E-state index contributed by atoms with van der Waals surface area (Å²) in [5.41, 5.74) is 1.76. The van der Waals surface area contributed by atoms with Crippen LogP contribution in [0.15, 0.2) is 36.9 Å². The number of aromatic nitrogens is 3. The predicted octanol–water partition coefficient (Wildman–Crippen LogP) is 3.80. The van der Waals surface area contributed by atoms with Crippen molar-refractivity contribution in [3.05, 3.63) is 36.9 Å². The lowest BCUT2D eigenvalue weighted by Crippen LogP contribution is -2.16. The molecule has 2 aromatic rings. The molecule has 2 rings (SSSR count). The number of halogens is 3. The molecule has 0 aliphatic heterocycles. The summed E-state index contributed by atoms with van der Waals surface area (Å²) in [7, 11) is 0. The van der Waals surface area contributed by atoms with Gasteiger partial charge in [0.2, 0.25) is 0 Å². The number of nitrogens with zero attached hydrogens (tertiary/aromatic N) is 3. The summed E-state index contributed by atoms with van der Waals surface area (Å²) in [6, 6.07) is 7.55. The van der Waals surface area contributed by atoms with Gasteiger partial charge in [-0.2, -0.15) is 13.2 Å². The first-order valence-corrected chi connectivity index (χ1v) is 6.72. The number of alkyl halides is 3. The second-order valence-corrected chi connectivity index (χ2v) is 4.97. The van der Waals surface area contributed by atoms with E-state index in [0.29, 0.717) is 6.42 Å². The fraction of sp³-hybridized carbons (Fsp3) is 0.429. The van der Waals surface area contributed by atoms with E-state index in [1.165, 1.54) is 0 Å². The van der Waals surface area contributed by atoms with E-state index < -0.39 is 12.6 Å². The number of benzene rings is 1. The quantitative estimate of drug-likeness (QED) is 0.882. The van der Waals surface area contributed by atoms with Crippen LogP contribution < -0.4 is 5.32 Å². The Morgan fingerprint density at radius 1 is 1.24 bits per heavy atom. The average Bonchev–Trinajstić information content (AvgIpc) is 2.91. The fourth-order valence-electron chi connectivity index (χ4n) is 2.06. The second kappa shape index (κ2) is 6.60. The van der Waals surface area contributed by atoms with Crippen LogP contribution in [0.25, 0.3) is 5.69 Å². The average molecular weight is 298 g/mol. The molecule has 0 bridgehead atoms. The van der Waals surface area contributed by atoms with Crippen LogP contribution in [0.4, 0.5) is 18.9 Å². The summed E-state index contributed by atoms with van der Waals surface area (Å²) in [5.74, 6) is 0. The van der Waals surface area contributed by atoms with Gasteiger partial charge in [-0.15, -0.1) is 10.2 Å². The molecule has 1 atom stereocenters. The van der Waals surface area contributed by atoms with E-state index in [1.807, 2.05) is 31.2 Å². The summed E-state index contributed by atoms with van der Waals surface area (Å²) in [4.78, 5) is 0. The van der Waals surface area contributed by atoms with Crippen LogP contribution in [-0.2, 0) is 0 Å². The Labute approximate surface area is 121 Å². The minimum atomic E-state index is -4.08. The third-order valence-corrected chi connectivity index (χ3v) is 3.07. The Bertz CT molecular complexity index is 552. The van der Waals surface area contributed by atoms with Gasteiger partial charge in [0, 0.05) is 18.2 Å². The molecule has 0 fully saturated rings. The van der Waals surface area contributed by atoms with E-state index in [-0.39, 0.29) is 12.5 Å². The molecule has 4 nitrogen and oxygen atoms in total. The molecule has 1 N–H and O–H groups in total. The van der Waals surface area contributed by atoms with Crippen LogP contribution in [0.5, 0.6) is 0 Å². The zero-order valence-electron chi connectivity index (χ0n) is 11.6. The van der Waals surface area contributed by atoms with Gasteiger partial charge < -0.3 is 5.32 Å². The molecule has 1 heterocycles. The maximum atomic E-state index is 12.1. The maximum absolute atomic E-state index is 12.1. The number of hydrogen-bond acceptors (Lipinski definition) is 3. The summed E-state index contributed by atoms with van der Waals surface area (Å²) >= 11 is 0. The molecule has 7 heteroatoms.